The van der Waals surface area contributed by atoms with E-state index >= 15 is 0 Å². The van der Waals surface area contributed by atoms with E-state index in [9.17, 15) is 9.59 Å². The molecule has 0 aliphatic rings. The van der Waals surface area contributed by atoms with Crippen LogP contribution in [0.1, 0.15) is 6.92 Å². The third-order valence-electron chi connectivity index (χ3n) is 1.51. The second kappa shape index (κ2) is 4.89. The molecule has 1 heterocycles. The summed E-state index contributed by atoms with van der Waals surface area (Å²) in [6.07, 6.45) is 2.92. The van der Waals surface area contributed by atoms with E-state index in [0.717, 1.165) is 0 Å². The average molecular weight is 210 g/mol. The van der Waals surface area contributed by atoms with E-state index in [0.29, 0.717) is 0 Å². The van der Waals surface area contributed by atoms with Crippen LogP contribution in [0.5, 0.6) is 0 Å². The molecule has 1 aromatic rings. The summed E-state index contributed by atoms with van der Waals surface area (Å²) in [5, 5.41) is 13.0. The third kappa shape index (κ3) is 3.59. The number of carbonyl (C=O) groups excluding carboxylic acids is 1. The van der Waals surface area contributed by atoms with Gasteiger partial charge in [-0.05, 0) is 13.0 Å². The van der Waals surface area contributed by atoms with Gasteiger partial charge in [0.2, 0.25) is 5.95 Å². The fraction of sp³-hybridized carbons (Fsp3) is 0.250. The van der Waals surface area contributed by atoms with Crippen molar-refractivity contribution >= 4 is 17.9 Å². The predicted molar refractivity (Wildman–Crippen MR) is 51.3 cm³/mol. The molecule has 2 amide bonds. The standard InChI is InChI=1S/C8H10N4O3/c1-5(6(13)14)11-8(15)12-7-9-3-2-4-10-7/h2-5H,1H3,(H,13,14)(H2,9,10,11,12,15)/t5-/m0/s1. The number of hydrogen-bond acceptors (Lipinski definition) is 4. The van der Waals surface area contributed by atoms with Crippen LogP contribution >= 0.6 is 0 Å². The Morgan fingerprint density at radius 1 is 1.40 bits per heavy atom. The number of carbonyl (C=O) groups is 2. The maximum absolute atomic E-state index is 11.2. The lowest BCUT2D eigenvalue weighted by molar-refractivity contribution is -0.138. The molecule has 0 fully saturated rings. The second-order valence-corrected chi connectivity index (χ2v) is 2.73. The summed E-state index contributed by atoms with van der Waals surface area (Å²) in [4.78, 5) is 29.1. The Balaban J connectivity index is 2.47. The van der Waals surface area contributed by atoms with Gasteiger partial charge in [-0.3, -0.25) is 10.1 Å². The monoisotopic (exact) mass is 210 g/mol. The number of amides is 2. The van der Waals surface area contributed by atoms with E-state index in [-0.39, 0.29) is 5.95 Å². The Hall–Kier alpha value is -2.18. The molecule has 0 bridgehead atoms. The third-order valence-corrected chi connectivity index (χ3v) is 1.51. The molecule has 80 valence electrons. The highest BCUT2D eigenvalue weighted by Gasteiger charge is 2.13. The zero-order valence-electron chi connectivity index (χ0n) is 7.97. The number of carboxylic acid groups (broad SMARTS) is 1. The van der Waals surface area contributed by atoms with Crippen LogP contribution in [0.15, 0.2) is 18.5 Å². The van der Waals surface area contributed by atoms with E-state index < -0.39 is 18.0 Å². The molecule has 0 unspecified atom stereocenters. The van der Waals surface area contributed by atoms with Crippen molar-refractivity contribution in [3.63, 3.8) is 0 Å². The molecule has 0 saturated heterocycles. The number of aliphatic carboxylic acids is 1. The summed E-state index contributed by atoms with van der Waals surface area (Å²) in [5.74, 6) is -0.994. The molecule has 7 heteroatoms. The Morgan fingerprint density at radius 2 is 2.00 bits per heavy atom. The molecule has 0 aliphatic heterocycles. The summed E-state index contributed by atoms with van der Waals surface area (Å²) in [6, 6.07) is -0.0204. The van der Waals surface area contributed by atoms with Crippen molar-refractivity contribution in [3.8, 4) is 0 Å². The lowest BCUT2D eigenvalue weighted by atomic mass is 10.3. The number of rotatable bonds is 3. The quantitative estimate of drug-likeness (QED) is 0.654. The van der Waals surface area contributed by atoms with Gasteiger partial charge in [0.1, 0.15) is 6.04 Å². The Morgan fingerprint density at radius 3 is 2.53 bits per heavy atom. The van der Waals surface area contributed by atoms with Crippen LogP contribution in [0.25, 0.3) is 0 Å². The number of aromatic nitrogens is 2. The molecule has 7 nitrogen and oxygen atoms in total. The summed E-state index contributed by atoms with van der Waals surface area (Å²) < 4.78 is 0. The van der Waals surface area contributed by atoms with Gasteiger partial charge in [0.05, 0.1) is 0 Å². The van der Waals surface area contributed by atoms with Gasteiger partial charge in [-0.2, -0.15) is 0 Å². The van der Waals surface area contributed by atoms with Gasteiger partial charge in [-0.25, -0.2) is 14.8 Å². The smallest absolute Gasteiger partial charge is 0.325 e. The molecule has 1 rings (SSSR count). The minimum absolute atomic E-state index is 0.118. The number of nitrogens with one attached hydrogen (secondary N) is 2. The highest BCUT2D eigenvalue weighted by Crippen LogP contribution is 1.93. The van der Waals surface area contributed by atoms with Gasteiger partial charge in [-0.1, -0.05) is 0 Å². The largest absolute Gasteiger partial charge is 0.480 e. The van der Waals surface area contributed by atoms with E-state index in [2.05, 4.69) is 20.6 Å². The van der Waals surface area contributed by atoms with Crippen LogP contribution in [0, 0.1) is 0 Å². The maximum atomic E-state index is 11.2. The number of nitrogens with zero attached hydrogens (tertiary/aromatic N) is 2. The number of anilines is 1. The summed E-state index contributed by atoms with van der Waals surface area (Å²) >= 11 is 0. The molecule has 0 saturated carbocycles. The molecule has 1 atom stereocenters. The minimum Gasteiger partial charge on any atom is -0.480 e. The Bertz CT molecular complexity index is 354. The first-order chi connectivity index (χ1) is 7.09. The van der Waals surface area contributed by atoms with Crippen molar-refractivity contribution in [2.24, 2.45) is 0 Å². The molecule has 3 N–H and O–H groups in total. The van der Waals surface area contributed by atoms with Crippen molar-refractivity contribution in [3.05, 3.63) is 18.5 Å². The second-order valence-electron chi connectivity index (χ2n) is 2.73. The topological polar surface area (TPSA) is 104 Å². The minimum atomic E-state index is -1.11. The van der Waals surface area contributed by atoms with Crippen molar-refractivity contribution in [2.45, 2.75) is 13.0 Å². The SMILES string of the molecule is C[C@H](NC(=O)Nc1ncccn1)C(=O)O. The van der Waals surface area contributed by atoms with Gasteiger partial charge in [0.15, 0.2) is 0 Å². The molecule has 0 radical (unpaired) electrons. The first-order valence-electron chi connectivity index (χ1n) is 4.17. The number of carboxylic acids is 1. The van der Waals surface area contributed by atoms with Crippen LogP contribution < -0.4 is 10.6 Å². The van der Waals surface area contributed by atoms with Gasteiger partial charge in [-0.15, -0.1) is 0 Å². The van der Waals surface area contributed by atoms with Crippen molar-refractivity contribution in [1.29, 1.82) is 0 Å². The van der Waals surface area contributed by atoms with Crippen molar-refractivity contribution in [1.82, 2.24) is 15.3 Å². The molecular formula is C8H10N4O3. The molecule has 15 heavy (non-hydrogen) atoms. The Labute approximate surface area is 85.5 Å². The first-order valence-corrected chi connectivity index (χ1v) is 4.17. The zero-order chi connectivity index (χ0) is 11.3. The Kier molecular flexibility index (Phi) is 3.55. The fourth-order valence-corrected chi connectivity index (χ4v) is 0.760. The summed E-state index contributed by atoms with van der Waals surface area (Å²) in [5.41, 5.74) is 0. The van der Waals surface area contributed by atoms with E-state index in [4.69, 9.17) is 5.11 Å². The van der Waals surface area contributed by atoms with Gasteiger partial charge in [0, 0.05) is 12.4 Å². The van der Waals surface area contributed by atoms with Gasteiger partial charge in [0.25, 0.3) is 0 Å². The van der Waals surface area contributed by atoms with Gasteiger partial charge < -0.3 is 10.4 Å². The van der Waals surface area contributed by atoms with Gasteiger partial charge >= 0.3 is 12.0 Å². The lowest BCUT2D eigenvalue weighted by Crippen LogP contribution is -2.41. The predicted octanol–water partition coefficient (Wildman–Crippen LogP) is 0.0712. The molecule has 0 aromatic carbocycles. The van der Waals surface area contributed by atoms with Crippen LogP contribution in [0.4, 0.5) is 10.7 Å². The highest BCUT2D eigenvalue weighted by atomic mass is 16.4. The fourth-order valence-electron chi connectivity index (χ4n) is 0.760. The number of hydrogen-bond donors (Lipinski definition) is 3. The zero-order valence-corrected chi connectivity index (χ0v) is 7.97. The number of urea groups is 1. The lowest BCUT2D eigenvalue weighted by Gasteiger charge is -2.09. The first kappa shape index (κ1) is 10.9. The average Bonchev–Trinajstić information content (AvgIpc) is 2.18. The molecule has 0 spiro atoms. The van der Waals surface area contributed by atoms with E-state index in [1.54, 1.807) is 6.07 Å². The summed E-state index contributed by atoms with van der Waals surface area (Å²) in [6.45, 7) is 1.35. The van der Waals surface area contributed by atoms with Crippen molar-refractivity contribution < 1.29 is 14.7 Å². The van der Waals surface area contributed by atoms with Crippen LogP contribution in [0.3, 0.4) is 0 Å². The maximum Gasteiger partial charge on any atom is 0.325 e. The highest BCUT2D eigenvalue weighted by molar-refractivity contribution is 5.90. The van der Waals surface area contributed by atoms with E-state index in [1.807, 2.05) is 0 Å². The summed E-state index contributed by atoms with van der Waals surface area (Å²) in [7, 11) is 0. The van der Waals surface area contributed by atoms with Crippen LogP contribution in [-0.2, 0) is 4.79 Å². The van der Waals surface area contributed by atoms with Crippen LogP contribution in [0.2, 0.25) is 0 Å². The van der Waals surface area contributed by atoms with E-state index in [1.165, 1.54) is 19.3 Å². The molecule has 1 aromatic heterocycles. The normalized spacial score (nSPS) is 11.5. The molecule has 0 aliphatic carbocycles. The molecular weight excluding hydrogens is 200 g/mol. The van der Waals surface area contributed by atoms with Crippen molar-refractivity contribution in [2.75, 3.05) is 5.32 Å². The van der Waals surface area contributed by atoms with Crippen LogP contribution in [-0.4, -0.2) is 33.1 Å².